The Morgan fingerprint density at radius 1 is 1.25 bits per heavy atom. The van der Waals surface area contributed by atoms with Gasteiger partial charge in [0, 0.05) is 6.54 Å². The van der Waals surface area contributed by atoms with E-state index in [-0.39, 0.29) is 11.7 Å². The molecule has 4 heteroatoms. The summed E-state index contributed by atoms with van der Waals surface area (Å²) in [4.78, 5) is 17.3. The number of likely N-dealkylation sites (tertiary alicyclic amines) is 1. The predicted octanol–water partition coefficient (Wildman–Crippen LogP) is 2.05. The molecule has 0 aromatic carbocycles. The minimum Gasteiger partial charge on any atom is -0.325 e. The van der Waals surface area contributed by atoms with Gasteiger partial charge in [0.15, 0.2) is 0 Å². The summed E-state index contributed by atoms with van der Waals surface area (Å²) in [7, 11) is 0. The topological polar surface area (TPSA) is 35.6 Å². The van der Waals surface area contributed by atoms with Gasteiger partial charge in [-0.05, 0) is 58.2 Å². The van der Waals surface area contributed by atoms with E-state index in [4.69, 9.17) is 0 Å². The zero-order chi connectivity index (χ0) is 14.8. The van der Waals surface area contributed by atoms with Crippen LogP contribution >= 0.6 is 0 Å². The van der Waals surface area contributed by atoms with Gasteiger partial charge < -0.3 is 9.80 Å². The largest absolute Gasteiger partial charge is 0.325 e. The first-order valence-corrected chi connectivity index (χ1v) is 8.35. The zero-order valence-corrected chi connectivity index (χ0v) is 13.6. The Labute approximate surface area is 123 Å². The number of rotatable bonds is 5. The van der Waals surface area contributed by atoms with Gasteiger partial charge in [0.2, 0.25) is 5.91 Å². The van der Waals surface area contributed by atoms with E-state index in [2.05, 4.69) is 42.8 Å². The van der Waals surface area contributed by atoms with Crippen LogP contribution in [0.5, 0.6) is 0 Å². The molecule has 0 aromatic rings. The summed E-state index contributed by atoms with van der Waals surface area (Å²) >= 11 is 0. The number of nitrogens with zero attached hydrogens (tertiary/aromatic N) is 2. The number of piperidine rings is 1. The van der Waals surface area contributed by atoms with Crippen LogP contribution in [0.2, 0.25) is 0 Å². The molecule has 2 unspecified atom stereocenters. The maximum absolute atomic E-state index is 12.7. The van der Waals surface area contributed by atoms with Crippen molar-refractivity contribution in [3.8, 4) is 0 Å². The lowest BCUT2D eigenvalue weighted by Gasteiger charge is -2.34. The fourth-order valence-corrected chi connectivity index (χ4v) is 3.52. The first-order valence-electron chi connectivity index (χ1n) is 8.35. The summed E-state index contributed by atoms with van der Waals surface area (Å²) in [5, 5.41) is 3.54. The van der Waals surface area contributed by atoms with Gasteiger partial charge in [-0.2, -0.15) is 0 Å². The summed E-state index contributed by atoms with van der Waals surface area (Å²) < 4.78 is 0. The van der Waals surface area contributed by atoms with E-state index in [1.807, 2.05) is 0 Å². The van der Waals surface area contributed by atoms with Gasteiger partial charge >= 0.3 is 0 Å². The lowest BCUT2D eigenvalue weighted by molar-refractivity contribution is -0.133. The summed E-state index contributed by atoms with van der Waals surface area (Å²) in [5.41, 5.74) is -0.342. The third kappa shape index (κ3) is 3.01. The Morgan fingerprint density at radius 3 is 2.40 bits per heavy atom. The van der Waals surface area contributed by atoms with Crippen molar-refractivity contribution in [2.75, 3.05) is 26.2 Å². The van der Waals surface area contributed by atoms with Crippen molar-refractivity contribution in [1.29, 1.82) is 0 Å². The first kappa shape index (κ1) is 15.8. The summed E-state index contributed by atoms with van der Waals surface area (Å²) in [6.07, 6.45) is 4.56. The van der Waals surface area contributed by atoms with Crippen molar-refractivity contribution in [2.24, 2.45) is 5.92 Å². The van der Waals surface area contributed by atoms with Crippen LogP contribution in [0.25, 0.3) is 0 Å². The molecular formula is C16H31N3O. The first-order chi connectivity index (χ1) is 9.54. The van der Waals surface area contributed by atoms with Crippen LogP contribution in [0.1, 0.15) is 53.4 Å². The quantitative estimate of drug-likeness (QED) is 0.838. The molecule has 1 amide bonds. The molecule has 2 saturated heterocycles. The number of amides is 1. The third-order valence-electron chi connectivity index (χ3n) is 5.30. The van der Waals surface area contributed by atoms with Crippen LogP contribution in [0.3, 0.4) is 0 Å². The summed E-state index contributed by atoms with van der Waals surface area (Å²) in [6, 6.07) is 0. The maximum Gasteiger partial charge on any atom is 0.243 e. The number of nitrogens with one attached hydrogen (secondary N) is 1. The maximum atomic E-state index is 12.7. The van der Waals surface area contributed by atoms with Gasteiger partial charge in [-0.25, -0.2) is 0 Å². The molecule has 2 aliphatic rings. The van der Waals surface area contributed by atoms with E-state index in [0.29, 0.717) is 11.8 Å². The van der Waals surface area contributed by atoms with E-state index in [9.17, 15) is 4.79 Å². The molecule has 0 spiro atoms. The molecule has 2 atom stereocenters. The van der Waals surface area contributed by atoms with E-state index in [0.717, 1.165) is 25.9 Å². The number of hydrogen-bond acceptors (Lipinski definition) is 3. The highest BCUT2D eigenvalue weighted by Gasteiger charge is 2.46. The van der Waals surface area contributed by atoms with Crippen molar-refractivity contribution < 1.29 is 4.79 Å². The SMILES string of the molecule is CCC1NC(C)(CC)C(=O)N1CC1CCN(CC)CC1. The molecule has 116 valence electrons. The highest BCUT2D eigenvalue weighted by molar-refractivity contribution is 5.88. The Bertz CT molecular complexity index is 339. The molecule has 0 aromatic heterocycles. The van der Waals surface area contributed by atoms with Gasteiger partial charge in [-0.15, -0.1) is 0 Å². The average molecular weight is 281 g/mol. The lowest BCUT2D eigenvalue weighted by Crippen LogP contribution is -2.44. The van der Waals surface area contributed by atoms with E-state index >= 15 is 0 Å². The molecule has 2 rings (SSSR count). The minimum atomic E-state index is -0.342. The fourth-order valence-electron chi connectivity index (χ4n) is 3.52. The second-order valence-corrected chi connectivity index (χ2v) is 6.59. The van der Waals surface area contributed by atoms with E-state index in [1.165, 1.54) is 25.9 Å². The molecule has 2 aliphatic heterocycles. The van der Waals surface area contributed by atoms with Crippen molar-refractivity contribution >= 4 is 5.91 Å². The molecular weight excluding hydrogens is 250 g/mol. The second-order valence-electron chi connectivity index (χ2n) is 6.59. The highest BCUT2D eigenvalue weighted by atomic mass is 16.2. The minimum absolute atomic E-state index is 0.233. The molecule has 0 saturated carbocycles. The van der Waals surface area contributed by atoms with Crippen molar-refractivity contribution in [3.05, 3.63) is 0 Å². The Balaban J connectivity index is 1.96. The van der Waals surface area contributed by atoms with Gasteiger partial charge in [0.05, 0.1) is 11.7 Å². The smallest absolute Gasteiger partial charge is 0.243 e. The average Bonchev–Trinajstić information content (AvgIpc) is 2.73. The standard InChI is InChI=1S/C16H31N3O/c1-5-14-17-16(4,6-2)15(20)19(14)12-13-8-10-18(7-3)11-9-13/h13-14,17H,5-12H2,1-4H3. The fraction of sp³-hybridized carbons (Fsp3) is 0.938. The second kappa shape index (κ2) is 6.44. The van der Waals surface area contributed by atoms with Crippen molar-refractivity contribution in [2.45, 2.75) is 65.1 Å². The van der Waals surface area contributed by atoms with Gasteiger partial charge in [-0.1, -0.05) is 20.8 Å². The molecule has 2 fully saturated rings. The molecule has 1 N–H and O–H groups in total. The monoisotopic (exact) mass is 281 g/mol. The van der Waals surface area contributed by atoms with E-state index < -0.39 is 0 Å². The molecule has 4 nitrogen and oxygen atoms in total. The summed E-state index contributed by atoms with van der Waals surface area (Å²) in [5.74, 6) is 0.988. The summed E-state index contributed by atoms with van der Waals surface area (Å²) in [6.45, 7) is 13.0. The third-order valence-corrected chi connectivity index (χ3v) is 5.30. The van der Waals surface area contributed by atoms with Crippen molar-refractivity contribution in [1.82, 2.24) is 15.1 Å². The van der Waals surface area contributed by atoms with Crippen LogP contribution in [0.4, 0.5) is 0 Å². The van der Waals surface area contributed by atoms with Crippen LogP contribution in [-0.2, 0) is 4.79 Å². The molecule has 0 radical (unpaired) electrons. The number of hydrogen-bond donors (Lipinski definition) is 1. The number of carbonyl (C=O) groups excluding carboxylic acids is 1. The highest BCUT2D eigenvalue weighted by Crippen LogP contribution is 2.28. The molecule has 20 heavy (non-hydrogen) atoms. The Hall–Kier alpha value is -0.610. The van der Waals surface area contributed by atoms with Gasteiger partial charge in [0.25, 0.3) is 0 Å². The van der Waals surface area contributed by atoms with E-state index in [1.54, 1.807) is 0 Å². The lowest BCUT2D eigenvalue weighted by atomic mass is 9.95. The van der Waals surface area contributed by atoms with Crippen LogP contribution in [0, 0.1) is 5.92 Å². The van der Waals surface area contributed by atoms with Crippen LogP contribution in [-0.4, -0.2) is 53.6 Å². The van der Waals surface area contributed by atoms with Crippen LogP contribution in [0.15, 0.2) is 0 Å². The molecule has 2 heterocycles. The molecule has 0 aliphatic carbocycles. The Morgan fingerprint density at radius 2 is 1.90 bits per heavy atom. The molecule has 0 bridgehead atoms. The predicted molar refractivity (Wildman–Crippen MR) is 82.5 cm³/mol. The Kier molecular flexibility index (Phi) is 5.08. The number of carbonyl (C=O) groups is 1. The normalized spacial score (nSPS) is 33.1. The van der Waals surface area contributed by atoms with Crippen molar-refractivity contribution in [3.63, 3.8) is 0 Å². The zero-order valence-electron chi connectivity index (χ0n) is 13.6. The van der Waals surface area contributed by atoms with Gasteiger partial charge in [0.1, 0.15) is 0 Å². The van der Waals surface area contributed by atoms with Gasteiger partial charge in [-0.3, -0.25) is 10.1 Å². The van der Waals surface area contributed by atoms with Crippen LogP contribution < -0.4 is 5.32 Å².